The van der Waals surface area contributed by atoms with Gasteiger partial charge < -0.3 is 5.73 Å². The largest absolute Gasteiger partial charge is 0.398 e. The minimum absolute atomic E-state index is 0.173. The van der Waals surface area contributed by atoms with E-state index in [1.165, 1.54) is 12.1 Å². The van der Waals surface area contributed by atoms with Crippen molar-refractivity contribution in [2.75, 3.05) is 5.73 Å². The van der Waals surface area contributed by atoms with Crippen molar-refractivity contribution in [3.63, 3.8) is 0 Å². The number of carbonyl (C=O) groups is 1. The number of carbonyl (C=O) groups excluding carboxylic acids is 1. The molecule has 0 radical (unpaired) electrons. The Morgan fingerprint density at radius 3 is 2.67 bits per heavy atom. The molecule has 64 valence electrons. The van der Waals surface area contributed by atoms with Gasteiger partial charge in [0.15, 0.2) is 0 Å². The van der Waals surface area contributed by atoms with Gasteiger partial charge in [0, 0.05) is 28.3 Å². The van der Waals surface area contributed by atoms with Crippen molar-refractivity contribution in [1.29, 1.82) is 0 Å². The molecular weight excluding hydrogens is 272 g/mol. The summed E-state index contributed by atoms with van der Waals surface area (Å²) in [5, 5.41) is 0. The third-order valence-electron chi connectivity index (χ3n) is 1.54. The van der Waals surface area contributed by atoms with Crippen LogP contribution in [-0.4, -0.2) is 3.79 Å². The van der Waals surface area contributed by atoms with Crippen LogP contribution in [0.1, 0.15) is 15.9 Å². The van der Waals surface area contributed by atoms with Crippen LogP contribution in [0.2, 0.25) is 0 Å². The van der Waals surface area contributed by atoms with E-state index in [1.807, 2.05) is 0 Å². The summed E-state index contributed by atoms with van der Waals surface area (Å²) in [7, 11) is 0. The summed E-state index contributed by atoms with van der Waals surface area (Å²) in [6.07, 6.45) is 0. The number of nitrogens with two attached hydrogens (primary N) is 1. The van der Waals surface area contributed by atoms with Crippen LogP contribution in [0.3, 0.4) is 0 Å². The number of aryl methyl sites for hydroxylation is 1. The van der Waals surface area contributed by atoms with E-state index in [1.54, 1.807) is 29.5 Å². The molecule has 1 rings (SSSR count). The molecule has 0 fully saturated rings. The van der Waals surface area contributed by atoms with Gasteiger partial charge in [-0.05, 0) is 24.6 Å². The lowest BCUT2D eigenvalue weighted by molar-refractivity contribution is 0.110. The quantitative estimate of drug-likeness (QED) is 0.487. The van der Waals surface area contributed by atoms with Crippen LogP contribution in [0.25, 0.3) is 0 Å². The zero-order valence-corrected chi connectivity index (χ0v) is 8.55. The highest BCUT2D eigenvalue weighted by Crippen LogP contribution is 2.19. The van der Waals surface area contributed by atoms with E-state index in [-0.39, 0.29) is 15.3 Å². The summed E-state index contributed by atoms with van der Waals surface area (Å²) >= 11 is 1.62. The topological polar surface area (TPSA) is 43.1 Å². The SMILES string of the molecule is Cc1cc(C(=O)I)c(N)cc1F. The predicted molar refractivity (Wildman–Crippen MR) is 53.9 cm³/mol. The molecular formula is C8H7FINO. The van der Waals surface area contributed by atoms with Crippen molar-refractivity contribution in [1.82, 2.24) is 0 Å². The van der Waals surface area contributed by atoms with Crippen LogP contribution in [0.4, 0.5) is 10.1 Å². The molecule has 0 heterocycles. The number of nitrogen functional groups attached to an aromatic ring is 1. The van der Waals surface area contributed by atoms with E-state index in [0.717, 1.165) is 0 Å². The molecule has 0 aliphatic carbocycles. The molecule has 0 aliphatic heterocycles. The fourth-order valence-electron chi connectivity index (χ4n) is 0.867. The van der Waals surface area contributed by atoms with Crippen molar-refractivity contribution < 1.29 is 9.18 Å². The first-order valence-electron chi connectivity index (χ1n) is 3.28. The highest BCUT2D eigenvalue weighted by Gasteiger charge is 2.08. The summed E-state index contributed by atoms with van der Waals surface area (Å²) < 4.78 is 12.7. The zero-order valence-electron chi connectivity index (χ0n) is 6.40. The molecule has 0 aromatic heterocycles. The molecule has 12 heavy (non-hydrogen) atoms. The molecule has 0 spiro atoms. The Morgan fingerprint density at radius 1 is 1.58 bits per heavy atom. The lowest BCUT2D eigenvalue weighted by atomic mass is 10.1. The van der Waals surface area contributed by atoms with Crippen molar-refractivity contribution >= 4 is 32.1 Å². The molecule has 0 bridgehead atoms. The number of benzene rings is 1. The summed E-state index contributed by atoms with van der Waals surface area (Å²) in [6.45, 7) is 1.60. The average Bonchev–Trinajstić information content (AvgIpc) is 1.96. The van der Waals surface area contributed by atoms with Crippen molar-refractivity contribution in [3.8, 4) is 0 Å². The summed E-state index contributed by atoms with van der Waals surface area (Å²) in [4.78, 5) is 10.9. The number of hydrogen-bond acceptors (Lipinski definition) is 2. The molecule has 0 unspecified atom stereocenters. The Morgan fingerprint density at radius 2 is 2.17 bits per heavy atom. The molecule has 0 saturated heterocycles. The molecule has 0 saturated carbocycles. The smallest absolute Gasteiger partial charge is 0.224 e. The van der Waals surface area contributed by atoms with Gasteiger partial charge in [-0.3, -0.25) is 4.79 Å². The van der Waals surface area contributed by atoms with E-state index >= 15 is 0 Å². The Bertz CT molecular complexity index is 338. The standard InChI is InChI=1S/C8H7FINO/c1-4-2-5(8(10)12)7(11)3-6(4)9/h2-3H,11H2,1H3. The molecule has 4 heteroatoms. The zero-order chi connectivity index (χ0) is 9.30. The second-order valence-electron chi connectivity index (χ2n) is 2.46. The van der Waals surface area contributed by atoms with E-state index in [2.05, 4.69) is 0 Å². The predicted octanol–water partition coefficient (Wildman–Crippen LogP) is 2.29. The summed E-state index contributed by atoms with van der Waals surface area (Å²) in [6, 6.07) is 2.63. The van der Waals surface area contributed by atoms with Crippen LogP contribution >= 0.6 is 22.6 Å². The van der Waals surface area contributed by atoms with Crippen LogP contribution in [-0.2, 0) is 0 Å². The lowest BCUT2D eigenvalue weighted by Crippen LogP contribution is -1.99. The Hall–Kier alpha value is -0.650. The van der Waals surface area contributed by atoms with Gasteiger partial charge in [0.25, 0.3) is 0 Å². The van der Waals surface area contributed by atoms with Crippen molar-refractivity contribution in [2.24, 2.45) is 0 Å². The Labute approximate surface area is 83.1 Å². The molecule has 0 atom stereocenters. The number of hydrogen-bond donors (Lipinski definition) is 1. The number of anilines is 1. The third kappa shape index (κ3) is 1.74. The first kappa shape index (κ1) is 9.44. The summed E-state index contributed by atoms with van der Waals surface area (Å²) in [5.74, 6) is -0.381. The van der Waals surface area contributed by atoms with E-state index < -0.39 is 0 Å². The fraction of sp³-hybridized carbons (Fsp3) is 0.125. The average molecular weight is 279 g/mol. The maximum Gasteiger partial charge on any atom is 0.224 e. The van der Waals surface area contributed by atoms with Gasteiger partial charge in [-0.1, -0.05) is 0 Å². The van der Waals surface area contributed by atoms with E-state index in [4.69, 9.17) is 5.73 Å². The molecule has 1 aromatic rings. The van der Waals surface area contributed by atoms with Crippen LogP contribution in [0.5, 0.6) is 0 Å². The van der Waals surface area contributed by atoms with Crippen molar-refractivity contribution in [3.05, 3.63) is 29.1 Å². The number of rotatable bonds is 1. The van der Waals surface area contributed by atoms with Crippen LogP contribution < -0.4 is 5.73 Å². The molecule has 2 nitrogen and oxygen atoms in total. The lowest BCUT2D eigenvalue weighted by Gasteiger charge is -2.02. The van der Waals surface area contributed by atoms with Gasteiger partial charge in [-0.15, -0.1) is 0 Å². The van der Waals surface area contributed by atoms with Crippen LogP contribution in [0, 0.1) is 12.7 Å². The second kappa shape index (κ2) is 3.38. The van der Waals surface area contributed by atoms with Gasteiger partial charge in [-0.2, -0.15) is 0 Å². The Kier molecular flexibility index (Phi) is 2.66. The highest BCUT2D eigenvalue weighted by atomic mass is 127. The van der Waals surface area contributed by atoms with E-state index in [9.17, 15) is 9.18 Å². The van der Waals surface area contributed by atoms with Gasteiger partial charge >= 0.3 is 0 Å². The van der Waals surface area contributed by atoms with Gasteiger partial charge in [0.05, 0.1) is 5.56 Å². The highest BCUT2D eigenvalue weighted by molar-refractivity contribution is 14.1. The monoisotopic (exact) mass is 279 g/mol. The summed E-state index contributed by atoms with van der Waals surface area (Å²) in [5.41, 5.74) is 6.42. The van der Waals surface area contributed by atoms with E-state index in [0.29, 0.717) is 11.1 Å². The minimum Gasteiger partial charge on any atom is -0.398 e. The first-order valence-corrected chi connectivity index (χ1v) is 4.35. The first-order chi connectivity index (χ1) is 5.52. The molecule has 2 N–H and O–H groups in total. The minimum atomic E-state index is -0.381. The van der Waals surface area contributed by atoms with Gasteiger partial charge in [0.1, 0.15) is 5.82 Å². The maximum absolute atomic E-state index is 12.8. The molecule has 1 aromatic carbocycles. The van der Waals surface area contributed by atoms with Crippen LogP contribution in [0.15, 0.2) is 12.1 Å². The third-order valence-corrected chi connectivity index (χ3v) is 2.12. The molecule has 0 amide bonds. The number of halogens is 2. The maximum atomic E-state index is 12.8. The fourth-order valence-corrected chi connectivity index (χ4v) is 1.33. The molecule has 0 aliphatic rings. The van der Waals surface area contributed by atoms with Crippen molar-refractivity contribution in [2.45, 2.75) is 6.92 Å². The van der Waals surface area contributed by atoms with Gasteiger partial charge in [0.2, 0.25) is 3.79 Å². The second-order valence-corrected chi connectivity index (χ2v) is 3.44. The normalized spacial score (nSPS) is 9.92. The van der Waals surface area contributed by atoms with Gasteiger partial charge in [-0.25, -0.2) is 4.39 Å². The Balaban J connectivity index is 3.33.